The third-order valence-corrected chi connectivity index (χ3v) is 4.77. The topological polar surface area (TPSA) is 53.4 Å². The van der Waals surface area contributed by atoms with Gasteiger partial charge in [-0.25, -0.2) is 9.78 Å². The van der Waals surface area contributed by atoms with Crippen LogP contribution in [0.5, 0.6) is 0 Å². The zero-order valence-corrected chi connectivity index (χ0v) is 13.4. The van der Waals surface area contributed by atoms with Crippen LogP contribution in [0, 0.1) is 0 Å². The van der Waals surface area contributed by atoms with Crippen LogP contribution in [-0.2, 0) is 11.8 Å². The van der Waals surface area contributed by atoms with Crippen LogP contribution in [0.15, 0.2) is 0 Å². The maximum atomic E-state index is 11.3. The molecule has 5 heteroatoms. The summed E-state index contributed by atoms with van der Waals surface area (Å²) in [5.41, 5.74) is 0.511. The molecule has 1 aromatic heterocycles. The summed E-state index contributed by atoms with van der Waals surface area (Å²) in [7, 11) is 0. The number of thiazole rings is 1. The van der Waals surface area contributed by atoms with Crippen LogP contribution >= 0.6 is 11.3 Å². The van der Waals surface area contributed by atoms with Crippen molar-refractivity contribution in [2.75, 3.05) is 19.6 Å². The number of hydrogen-bond acceptors (Lipinski definition) is 4. The molecule has 0 amide bonds. The van der Waals surface area contributed by atoms with Crippen molar-refractivity contribution in [1.29, 1.82) is 0 Å². The Balaban J connectivity index is 2.06. The molecule has 0 radical (unpaired) electrons. The molecule has 2 rings (SSSR count). The van der Waals surface area contributed by atoms with Gasteiger partial charge < -0.3 is 10.0 Å². The van der Waals surface area contributed by atoms with E-state index < -0.39 is 5.97 Å². The van der Waals surface area contributed by atoms with E-state index in [0.717, 1.165) is 23.7 Å². The molecular weight excluding hydrogens is 272 g/mol. The first-order valence-corrected chi connectivity index (χ1v) is 8.15. The number of carboxylic acids is 1. The molecule has 0 aliphatic carbocycles. The predicted molar refractivity (Wildman–Crippen MR) is 81.8 cm³/mol. The average molecular weight is 296 g/mol. The molecule has 0 aromatic carbocycles. The molecule has 1 aliphatic heterocycles. The van der Waals surface area contributed by atoms with E-state index in [2.05, 4.69) is 9.88 Å². The summed E-state index contributed by atoms with van der Waals surface area (Å²) in [5, 5.41) is 10.3. The zero-order valence-electron chi connectivity index (χ0n) is 12.6. The second kappa shape index (κ2) is 6.22. The number of piperidine rings is 1. The van der Waals surface area contributed by atoms with Gasteiger partial charge in [0.15, 0.2) is 0 Å². The van der Waals surface area contributed by atoms with Crippen molar-refractivity contribution in [3.05, 3.63) is 15.6 Å². The maximum Gasteiger partial charge on any atom is 0.347 e. The summed E-state index contributed by atoms with van der Waals surface area (Å²) in [5.74, 6) is -0.850. The SMILES string of the molecule is CC(C)(C)c1nc(CCN2CCCCC2)sc1C(=O)O. The fourth-order valence-corrected chi connectivity index (χ4v) is 3.66. The van der Waals surface area contributed by atoms with E-state index >= 15 is 0 Å². The largest absolute Gasteiger partial charge is 0.477 e. The lowest BCUT2D eigenvalue weighted by molar-refractivity contribution is 0.0699. The van der Waals surface area contributed by atoms with Gasteiger partial charge in [-0.3, -0.25) is 0 Å². The highest BCUT2D eigenvalue weighted by molar-refractivity contribution is 7.13. The minimum absolute atomic E-state index is 0.215. The first kappa shape index (κ1) is 15.4. The predicted octanol–water partition coefficient (Wildman–Crippen LogP) is 3.17. The molecule has 0 atom stereocenters. The monoisotopic (exact) mass is 296 g/mol. The molecule has 0 spiro atoms. The third kappa shape index (κ3) is 3.79. The Hall–Kier alpha value is -0.940. The molecular formula is C15H24N2O2S. The number of rotatable bonds is 4. The number of hydrogen-bond donors (Lipinski definition) is 1. The van der Waals surface area contributed by atoms with Gasteiger partial charge in [-0.1, -0.05) is 27.2 Å². The normalized spacial score (nSPS) is 17.4. The number of nitrogens with zero attached hydrogens (tertiary/aromatic N) is 2. The molecule has 1 saturated heterocycles. The first-order chi connectivity index (χ1) is 9.38. The lowest BCUT2D eigenvalue weighted by Crippen LogP contribution is -2.31. The van der Waals surface area contributed by atoms with Crippen LogP contribution < -0.4 is 0 Å². The van der Waals surface area contributed by atoms with Crippen LogP contribution in [0.25, 0.3) is 0 Å². The van der Waals surface area contributed by atoms with Gasteiger partial charge in [0.2, 0.25) is 0 Å². The summed E-state index contributed by atoms with van der Waals surface area (Å²) < 4.78 is 0. The molecule has 1 aliphatic rings. The van der Waals surface area contributed by atoms with Gasteiger partial charge in [-0.15, -0.1) is 11.3 Å². The number of aromatic nitrogens is 1. The third-order valence-electron chi connectivity index (χ3n) is 3.67. The lowest BCUT2D eigenvalue weighted by Gasteiger charge is -2.25. The highest BCUT2D eigenvalue weighted by atomic mass is 32.1. The average Bonchev–Trinajstić information content (AvgIpc) is 2.82. The molecule has 2 heterocycles. The van der Waals surface area contributed by atoms with Gasteiger partial charge in [0.25, 0.3) is 0 Å². The molecule has 0 saturated carbocycles. The van der Waals surface area contributed by atoms with E-state index in [1.807, 2.05) is 20.8 Å². The van der Waals surface area contributed by atoms with Crippen molar-refractivity contribution < 1.29 is 9.90 Å². The van der Waals surface area contributed by atoms with Gasteiger partial charge in [-0.2, -0.15) is 0 Å². The number of aromatic carboxylic acids is 1. The number of likely N-dealkylation sites (tertiary alicyclic amines) is 1. The van der Waals surface area contributed by atoms with Crippen LogP contribution in [-0.4, -0.2) is 40.6 Å². The molecule has 20 heavy (non-hydrogen) atoms. The number of carboxylic acid groups (broad SMARTS) is 1. The van der Waals surface area contributed by atoms with Crippen LogP contribution in [0.1, 0.15) is 60.4 Å². The zero-order chi connectivity index (χ0) is 14.8. The Morgan fingerprint density at radius 3 is 2.45 bits per heavy atom. The molecule has 1 N–H and O–H groups in total. The lowest BCUT2D eigenvalue weighted by atomic mass is 9.91. The summed E-state index contributed by atoms with van der Waals surface area (Å²) in [6, 6.07) is 0. The fourth-order valence-electron chi connectivity index (χ4n) is 2.56. The Morgan fingerprint density at radius 1 is 1.30 bits per heavy atom. The van der Waals surface area contributed by atoms with Gasteiger partial charge in [0, 0.05) is 18.4 Å². The minimum atomic E-state index is -0.850. The standard InChI is InChI=1S/C15H24N2O2S/c1-15(2,3)13-12(14(18)19)20-11(16-13)7-10-17-8-5-4-6-9-17/h4-10H2,1-3H3,(H,18,19). The fraction of sp³-hybridized carbons (Fsp3) is 0.733. The molecule has 4 nitrogen and oxygen atoms in total. The van der Waals surface area contributed by atoms with Crippen LogP contribution in [0.2, 0.25) is 0 Å². The van der Waals surface area contributed by atoms with Crippen molar-refractivity contribution in [1.82, 2.24) is 9.88 Å². The molecule has 1 fully saturated rings. The van der Waals surface area contributed by atoms with Gasteiger partial charge in [-0.05, 0) is 25.9 Å². The number of carbonyl (C=O) groups is 1. The Kier molecular flexibility index (Phi) is 4.81. The Bertz CT molecular complexity index is 471. The molecule has 112 valence electrons. The van der Waals surface area contributed by atoms with E-state index in [1.165, 1.54) is 43.7 Å². The van der Waals surface area contributed by atoms with E-state index in [9.17, 15) is 9.90 Å². The second-order valence-electron chi connectivity index (χ2n) is 6.49. The van der Waals surface area contributed by atoms with Crippen molar-refractivity contribution in [3.8, 4) is 0 Å². The van der Waals surface area contributed by atoms with Gasteiger partial charge >= 0.3 is 5.97 Å². The first-order valence-electron chi connectivity index (χ1n) is 7.34. The molecule has 0 bridgehead atoms. The van der Waals surface area contributed by atoms with E-state index in [4.69, 9.17) is 0 Å². The summed E-state index contributed by atoms with van der Waals surface area (Å²) in [6.07, 6.45) is 4.77. The van der Waals surface area contributed by atoms with E-state index in [-0.39, 0.29) is 5.41 Å². The highest BCUT2D eigenvalue weighted by Crippen LogP contribution is 2.30. The smallest absolute Gasteiger partial charge is 0.347 e. The van der Waals surface area contributed by atoms with E-state index in [1.54, 1.807) is 0 Å². The van der Waals surface area contributed by atoms with Crippen molar-refractivity contribution in [2.45, 2.75) is 51.9 Å². The summed E-state index contributed by atoms with van der Waals surface area (Å²) in [6.45, 7) is 9.39. The Labute approximate surface area is 124 Å². The second-order valence-corrected chi connectivity index (χ2v) is 7.58. The Morgan fingerprint density at radius 2 is 1.95 bits per heavy atom. The summed E-state index contributed by atoms with van der Waals surface area (Å²) in [4.78, 5) is 18.8. The van der Waals surface area contributed by atoms with Crippen LogP contribution in [0.3, 0.4) is 0 Å². The quantitative estimate of drug-likeness (QED) is 0.927. The highest BCUT2D eigenvalue weighted by Gasteiger charge is 2.27. The van der Waals surface area contributed by atoms with Gasteiger partial charge in [0.05, 0.1) is 10.7 Å². The summed E-state index contributed by atoms with van der Waals surface area (Å²) >= 11 is 1.35. The molecule has 0 unspecified atom stereocenters. The maximum absolute atomic E-state index is 11.3. The molecule has 1 aromatic rings. The van der Waals surface area contributed by atoms with Crippen LogP contribution in [0.4, 0.5) is 0 Å². The minimum Gasteiger partial charge on any atom is -0.477 e. The van der Waals surface area contributed by atoms with Crippen molar-refractivity contribution in [2.24, 2.45) is 0 Å². The van der Waals surface area contributed by atoms with Crippen molar-refractivity contribution >= 4 is 17.3 Å². The van der Waals surface area contributed by atoms with Crippen molar-refractivity contribution in [3.63, 3.8) is 0 Å². The van der Waals surface area contributed by atoms with Gasteiger partial charge in [0.1, 0.15) is 4.88 Å². The van der Waals surface area contributed by atoms with E-state index in [0.29, 0.717) is 4.88 Å².